The van der Waals surface area contributed by atoms with Gasteiger partial charge in [-0.25, -0.2) is 9.18 Å². The summed E-state index contributed by atoms with van der Waals surface area (Å²) in [6, 6.07) is 6.84. The van der Waals surface area contributed by atoms with E-state index in [4.69, 9.17) is 9.47 Å². The molecule has 0 bridgehead atoms. The Hall–Kier alpha value is -1.76. The smallest absolute Gasteiger partial charge is 0.336 e. The fourth-order valence-corrected chi connectivity index (χ4v) is 7.74. The molecule has 2 N–H and O–H groups in total. The van der Waals surface area contributed by atoms with E-state index in [2.05, 4.69) is 26.1 Å². The van der Waals surface area contributed by atoms with Gasteiger partial charge in [0, 0.05) is 24.1 Å². The third-order valence-corrected chi connectivity index (χ3v) is 9.51. The van der Waals surface area contributed by atoms with Gasteiger partial charge in [-0.2, -0.15) is 0 Å². The number of cyclic esters (lactones) is 1. The lowest BCUT2D eigenvalue weighted by atomic mass is 9.44. The number of benzene rings is 1. The van der Waals surface area contributed by atoms with Crippen molar-refractivity contribution in [2.24, 2.45) is 22.7 Å². The molecular formula is C27H36FNO4. The molecule has 6 heteroatoms. The van der Waals surface area contributed by atoms with Crippen molar-refractivity contribution in [3.63, 3.8) is 0 Å². The second kappa shape index (κ2) is 8.17. The summed E-state index contributed by atoms with van der Waals surface area (Å²) in [7, 11) is 0. The molecule has 5 rings (SSSR count). The molecule has 2 aliphatic carbocycles. The van der Waals surface area contributed by atoms with Gasteiger partial charge in [-0.3, -0.25) is 0 Å². The molecular weight excluding hydrogens is 421 g/mol. The molecule has 3 fully saturated rings. The summed E-state index contributed by atoms with van der Waals surface area (Å²) in [4.78, 5) is 12.2. The van der Waals surface area contributed by atoms with Gasteiger partial charge >= 0.3 is 5.97 Å². The summed E-state index contributed by atoms with van der Waals surface area (Å²) in [5.41, 5.74) is 0.732. The van der Waals surface area contributed by atoms with E-state index < -0.39 is 6.10 Å². The Morgan fingerprint density at radius 1 is 1.15 bits per heavy atom. The first-order chi connectivity index (χ1) is 15.7. The molecule has 1 saturated heterocycles. The summed E-state index contributed by atoms with van der Waals surface area (Å²) in [6.07, 6.45) is 5.64. The number of hydrogen-bond acceptors (Lipinski definition) is 5. The molecule has 0 spiro atoms. The van der Waals surface area contributed by atoms with Crippen molar-refractivity contribution in [3.05, 3.63) is 47.3 Å². The van der Waals surface area contributed by atoms with Crippen LogP contribution >= 0.6 is 0 Å². The Morgan fingerprint density at radius 2 is 1.94 bits per heavy atom. The quantitative estimate of drug-likeness (QED) is 0.651. The molecule has 0 amide bonds. The molecule has 7 atom stereocenters. The first-order valence-corrected chi connectivity index (χ1v) is 12.3. The summed E-state index contributed by atoms with van der Waals surface area (Å²) in [5.74, 6) is 0.171. The molecule has 0 unspecified atom stereocenters. The van der Waals surface area contributed by atoms with Crippen LogP contribution in [-0.2, 0) is 20.8 Å². The van der Waals surface area contributed by atoms with Gasteiger partial charge in [0.15, 0.2) is 0 Å². The third-order valence-electron chi connectivity index (χ3n) is 9.51. The Balaban J connectivity index is 1.36. The molecule has 2 aliphatic heterocycles. The van der Waals surface area contributed by atoms with Crippen LogP contribution in [0.25, 0.3) is 0 Å². The van der Waals surface area contributed by atoms with Crippen molar-refractivity contribution in [1.29, 1.82) is 0 Å². The topological polar surface area (TPSA) is 67.8 Å². The van der Waals surface area contributed by atoms with Crippen molar-refractivity contribution < 1.29 is 23.8 Å². The maximum atomic E-state index is 14.1. The third kappa shape index (κ3) is 3.65. The van der Waals surface area contributed by atoms with Crippen molar-refractivity contribution in [1.82, 2.24) is 5.32 Å². The maximum absolute atomic E-state index is 14.1. The minimum Gasteiger partial charge on any atom is -0.458 e. The highest BCUT2D eigenvalue weighted by molar-refractivity contribution is 5.91. The fraction of sp³-hybridized carbons (Fsp3) is 0.667. The first kappa shape index (κ1) is 23.0. The van der Waals surface area contributed by atoms with Crippen molar-refractivity contribution in [3.8, 4) is 0 Å². The Kier molecular flexibility index (Phi) is 5.70. The normalized spacial score (nSPS) is 42.5. The molecule has 0 aromatic heterocycles. The summed E-state index contributed by atoms with van der Waals surface area (Å²) in [6.45, 7) is 8.19. The van der Waals surface area contributed by atoms with Crippen LogP contribution in [0.15, 0.2) is 35.9 Å². The first-order valence-electron chi connectivity index (χ1n) is 12.3. The van der Waals surface area contributed by atoms with E-state index in [1.165, 1.54) is 6.07 Å². The lowest BCUT2D eigenvalue weighted by Gasteiger charge is -2.62. The highest BCUT2D eigenvalue weighted by Crippen LogP contribution is 2.66. The number of rotatable bonds is 5. The molecule has 1 aromatic rings. The summed E-state index contributed by atoms with van der Waals surface area (Å²) >= 11 is 0. The highest BCUT2D eigenvalue weighted by atomic mass is 19.1. The van der Waals surface area contributed by atoms with E-state index in [0.29, 0.717) is 42.7 Å². The monoisotopic (exact) mass is 457 g/mol. The summed E-state index contributed by atoms with van der Waals surface area (Å²) < 4.78 is 25.8. The predicted octanol–water partition coefficient (Wildman–Crippen LogP) is 4.14. The van der Waals surface area contributed by atoms with E-state index in [0.717, 1.165) is 32.1 Å². The molecule has 1 aromatic carbocycles. The number of fused-ring (bicyclic) bond motifs is 3. The van der Waals surface area contributed by atoms with Gasteiger partial charge < -0.3 is 19.9 Å². The van der Waals surface area contributed by atoms with Gasteiger partial charge in [0.05, 0.1) is 23.4 Å². The minimum absolute atomic E-state index is 0.00151. The number of hydrogen-bond donors (Lipinski definition) is 2. The Labute approximate surface area is 195 Å². The summed E-state index contributed by atoms with van der Waals surface area (Å²) in [5, 5.41) is 14.6. The van der Waals surface area contributed by atoms with Gasteiger partial charge in [0.2, 0.25) is 0 Å². The zero-order valence-electron chi connectivity index (χ0n) is 19.9. The van der Waals surface area contributed by atoms with Crippen LogP contribution < -0.4 is 5.32 Å². The van der Waals surface area contributed by atoms with Crippen LogP contribution in [0.2, 0.25) is 0 Å². The standard InChI is InChI=1S/C27H36FNO4/c1-25-11-9-23(30)26(2,16-29-15-17-6-4-5-7-19(17)28)21(25)8-12-27(3)22(25)14-20(33-27)18-10-13-32-24(18)31/h4-7,10,20-23,29-30H,8-9,11-16H2,1-3H3/t20-,21-,22-,23+,25+,26-,27+/m0/s1. The molecule has 33 heavy (non-hydrogen) atoms. The van der Waals surface area contributed by atoms with Crippen molar-refractivity contribution >= 4 is 5.97 Å². The van der Waals surface area contributed by atoms with Gasteiger partial charge in [-0.05, 0) is 68.4 Å². The second-order valence-electron chi connectivity index (χ2n) is 11.3. The lowest BCUT2D eigenvalue weighted by Crippen LogP contribution is -2.62. The van der Waals surface area contributed by atoms with Crippen LogP contribution in [0, 0.1) is 28.5 Å². The van der Waals surface area contributed by atoms with Gasteiger partial charge in [-0.15, -0.1) is 0 Å². The number of aliphatic hydroxyl groups excluding tert-OH is 1. The van der Waals surface area contributed by atoms with E-state index in [9.17, 15) is 14.3 Å². The fourth-order valence-electron chi connectivity index (χ4n) is 7.74. The largest absolute Gasteiger partial charge is 0.458 e. The molecule has 2 heterocycles. The highest BCUT2D eigenvalue weighted by Gasteiger charge is 2.65. The zero-order valence-corrected chi connectivity index (χ0v) is 19.9. The van der Waals surface area contributed by atoms with Gasteiger partial charge in [0.1, 0.15) is 12.4 Å². The molecule has 2 saturated carbocycles. The van der Waals surface area contributed by atoms with Gasteiger partial charge in [-0.1, -0.05) is 32.0 Å². The molecule has 5 nitrogen and oxygen atoms in total. The average Bonchev–Trinajstić information content (AvgIpc) is 3.36. The lowest BCUT2D eigenvalue weighted by molar-refractivity contribution is -0.186. The average molecular weight is 458 g/mol. The number of ether oxygens (including phenoxy) is 2. The Bertz CT molecular complexity index is 965. The predicted molar refractivity (Wildman–Crippen MR) is 123 cm³/mol. The number of carbonyl (C=O) groups excluding carboxylic acids is 1. The molecule has 4 aliphatic rings. The van der Waals surface area contributed by atoms with E-state index >= 15 is 0 Å². The van der Waals surface area contributed by atoms with Crippen LogP contribution in [0.1, 0.15) is 58.4 Å². The number of nitrogens with one attached hydrogen (secondary N) is 1. The zero-order chi connectivity index (χ0) is 23.4. The molecule has 0 radical (unpaired) electrons. The van der Waals surface area contributed by atoms with E-state index in [1.807, 2.05) is 12.1 Å². The number of esters is 1. The van der Waals surface area contributed by atoms with Crippen LogP contribution in [0.5, 0.6) is 0 Å². The Morgan fingerprint density at radius 3 is 2.67 bits per heavy atom. The molecule has 180 valence electrons. The second-order valence-corrected chi connectivity index (χ2v) is 11.3. The van der Waals surface area contributed by atoms with Crippen molar-refractivity contribution in [2.75, 3.05) is 13.2 Å². The van der Waals surface area contributed by atoms with Crippen LogP contribution in [0.3, 0.4) is 0 Å². The minimum atomic E-state index is -0.404. The van der Waals surface area contributed by atoms with E-state index in [1.54, 1.807) is 12.1 Å². The number of carbonyl (C=O) groups is 1. The van der Waals surface area contributed by atoms with Crippen LogP contribution in [-0.4, -0.2) is 42.0 Å². The van der Waals surface area contributed by atoms with Crippen LogP contribution in [0.4, 0.5) is 4.39 Å². The number of halogens is 1. The maximum Gasteiger partial charge on any atom is 0.336 e. The van der Waals surface area contributed by atoms with Gasteiger partial charge in [0.25, 0.3) is 0 Å². The SMILES string of the molecule is C[C@]1(CNCc2ccccc2F)[C@H]2CC[C@@]3(C)O[C@H](C4=CCOC4=O)C[C@H]3[C@]2(C)CC[C@H]1O. The number of aliphatic hydroxyl groups is 1. The van der Waals surface area contributed by atoms with E-state index in [-0.39, 0.29) is 34.3 Å². The van der Waals surface area contributed by atoms with Crippen molar-refractivity contribution in [2.45, 2.75) is 77.2 Å².